The quantitative estimate of drug-likeness (QED) is 0.711. The van der Waals surface area contributed by atoms with Gasteiger partial charge in [0.05, 0.1) is 0 Å². The average Bonchev–Trinajstić information content (AvgIpc) is 3.12. The first-order chi connectivity index (χ1) is 10.8. The summed E-state index contributed by atoms with van der Waals surface area (Å²) >= 11 is 1.19. The Labute approximate surface area is 139 Å². The largest absolute Gasteiger partial charge is 0.481 e. The van der Waals surface area contributed by atoms with Crippen LogP contribution in [0.15, 0.2) is 16.3 Å². The van der Waals surface area contributed by atoms with Crippen LogP contribution in [0.25, 0.3) is 0 Å². The fourth-order valence-corrected chi connectivity index (χ4v) is 5.59. The molecule has 0 aliphatic carbocycles. The molecular weight excluding hydrogens is 340 g/mol. The van der Waals surface area contributed by atoms with Crippen LogP contribution in [0.2, 0.25) is 0 Å². The molecule has 1 aliphatic rings. The Morgan fingerprint density at radius 3 is 2.78 bits per heavy atom. The molecule has 1 aromatic heterocycles. The SMILES string of the molecule is Cc1ccc(S(=O)(=O)N2CCCC2C(=O)NCCCC(=O)O)s1. The van der Waals surface area contributed by atoms with E-state index in [0.717, 1.165) is 4.88 Å². The molecule has 23 heavy (non-hydrogen) atoms. The predicted octanol–water partition coefficient (Wildman–Crippen LogP) is 1.19. The van der Waals surface area contributed by atoms with Crippen molar-refractivity contribution in [2.75, 3.05) is 13.1 Å². The van der Waals surface area contributed by atoms with Crippen LogP contribution in [0.5, 0.6) is 0 Å². The Balaban J connectivity index is 2.02. The van der Waals surface area contributed by atoms with Crippen LogP contribution in [0, 0.1) is 6.92 Å². The number of aliphatic carboxylic acids is 1. The van der Waals surface area contributed by atoms with Gasteiger partial charge < -0.3 is 10.4 Å². The van der Waals surface area contributed by atoms with Gasteiger partial charge in [-0.25, -0.2) is 8.42 Å². The lowest BCUT2D eigenvalue weighted by molar-refractivity contribution is -0.137. The number of hydrogen-bond acceptors (Lipinski definition) is 5. The van der Waals surface area contributed by atoms with Crippen LogP contribution in [0.4, 0.5) is 0 Å². The van der Waals surface area contributed by atoms with Crippen molar-refractivity contribution in [2.45, 2.75) is 42.9 Å². The third-order valence-corrected chi connectivity index (χ3v) is 7.03. The first-order valence-corrected chi connectivity index (χ1v) is 9.66. The summed E-state index contributed by atoms with van der Waals surface area (Å²) in [6.45, 7) is 2.39. The number of rotatable bonds is 7. The van der Waals surface area contributed by atoms with Gasteiger partial charge in [-0.05, 0) is 38.3 Å². The summed E-state index contributed by atoms with van der Waals surface area (Å²) in [6.07, 6.45) is 1.41. The van der Waals surface area contributed by atoms with Gasteiger partial charge in [0.15, 0.2) is 0 Å². The summed E-state index contributed by atoms with van der Waals surface area (Å²) in [6, 6.07) is 2.59. The number of thiophene rings is 1. The molecule has 1 aromatic rings. The van der Waals surface area contributed by atoms with Gasteiger partial charge in [-0.3, -0.25) is 9.59 Å². The van der Waals surface area contributed by atoms with Crippen molar-refractivity contribution in [1.29, 1.82) is 0 Å². The van der Waals surface area contributed by atoms with E-state index in [1.54, 1.807) is 12.1 Å². The van der Waals surface area contributed by atoms with Crippen molar-refractivity contribution in [3.8, 4) is 0 Å². The molecule has 0 spiro atoms. The molecule has 1 atom stereocenters. The van der Waals surface area contributed by atoms with Gasteiger partial charge in [0.2, 0.25) is 5.91 Å². The van der Waals surface area contributed by atoms with Crippen LogP contribution in [0.1, 0.15) is 30.6 Å². The third kappa shape index (κ3) is 4.30. The van der Waals surface area contributed by atoms with Crippen LogP contribution >= 0.6 is 11.3 Å². The van der Waals surface area contributed by atoms with E-state index in [2.05, 4.69) is 5.32 Å². The monoisotopic (exact) mass is 360 g/mol. The van der Waals surface area contributed by atoms with Crippen LogP contribution in [0.3, 0.4) is 0 Å². The summed E-state index contributed by atoms with van der Waals surface area (Å²) in [7, 11) is -3.66. The number of nitrogens with zero attached hydrogens (tertiary/aromatic N) is 1. The molecule has 0 radical (unpaired) electrons. The van der Waals surface area contributed by atoms with Crippen molar-refractivity contribution in [1.82, 2.24) is 9.62 Å². The molecule has 2 N–H and O–H groups in total. The number of aryl methyl sites for hydroxylation is 1. The van der Waals surface area contributed by atoms with Gasteiger partial charge >= 0.3 is 5.97 Å². The molecule has 0 aromatic carbocycles. The Kier molecular flexibility index (Phi) is 5.77. The van der Waals surface area contributed by atoms with Crippen molar-refractivity contribution in [2.24, 2.45) is 0 Å². The highest BCUT2D eigenvalue weighted by Gasteiger charge is 2.39. The van der Waals surface area contributed by atoms with E-state index in [1.807, 2.05) is 6.92 Å². The lowest BCUT2D eigenvalue weighted by Crippen LogP contribution is -2.45. The average molecular weight is 360 g/mol. The maximum absolute atomic E-state index is 12.7. The number of carbonyl (C=O) groups excluding carboxylic acids is 1. The Hall–Kier alpha value is -1.45. The maximum atomic E-state index is 12.7. The number of carbonyl (C=O) groups is 2. The summed E-state index contributed by atoms with van der Waals surface area (Å²) in [5.41, 5.74) is 0. The highest BCUT2D eigenvalue weighted by molar-refractivity contribution is 7.91. The van der Waals surface area contributed by atoms with Crippen molar-refractivity contribution in [3.05, 3.63) is 17.0 Å². The number of hydrogen-bond donors (Lipinski definition) is 2. The van der Waals surface area contributed by atoms with E-state index < -0.39 is 22.0 Å². The summed E-state index contributed by atoms with van der Waals surface area (Å²) in [5.74, 6) is -1.28. The molecule has 128 valence electrons. The van der Waals surface area contributed by atoms with Crippen molar-refractivity contribution in [3.63, 3.8) is 0 Å². The molecule has 0 bridgehead atoms. The molecular formula is C14H20N2O5S2. The minimum Gasteiger partial charge on any atom is -0.481 e. The van der Waals surface area contributed by atoms with Crippen LogP contribution in [-0.4, -0.2) is 48.8 Å². The summed E-state index contributed by atoms with van der Waals surface area (Å²) in [5, 5.41) is 11.2. The Morgan fingerprint density at radius 2 is 2.17 bits per heavy atom. The van der Waals surface area contributed by atoms with Crippen molar-refractivity contribution < 1.29 is 23.1 Å². The van der Waals surface area contributed by atoms with Crippen LogP contribution < -0.4 is 5.32 Å². The lowest BCUT2D eigenvalue weighted by atomic mass is 10.2. The normalized spacial score (nSPS) is 18.9. The van der Waals surface area contributed by atoms with Gasteiger partial charge in [0.25, 0.3) is 10.0 Å². The third-order valence-electron chi connectivity index (χ3n) is 3.65. The van der Waals surface area contributed by atoms with E-state index in [-0.39, 0.29) is 23.1 Å². The van der Waals surface area contributed by atoms with Crippen LogP contribution in [-0.2, 0) is 19.6 Å². The maximum Gasteiger partial charge on any atom is 0.303 e. The number of amides is 1. The van der Waals surface area contributed by atoms with Crippen molar-refractivity contribution >= 4 is 33.2 Å². The van der Waals surface area contributed by atoms with E-state index >= 15 is 0 Å². The zero-order valence-electron chi connectivity index (χ0n) is 12.8. The smallest absolute Gasteiger partial charge is 0.303 e. The minimum atomic E-state index is -3.66. The van der Waals surface area contributed by atoms with E-state index in [0.29, 0.717) is 25.8 Å². The highest BCUT2D eigenvalue weighted by Crippen LogP contribution is 2.30. The number of carboxylic acids is 1. The predicted molar refractivity (Wildman–Crippen MR) is 85.8 cm³/mol. The molecule has 1 unspecified atom stereocenters. The molecule has 2 heterocycles. The van der Waals surface area contributed by atoms with E-state index in [1.165, 1.54) is 15.6 Å². The van der Waals surface area contributed by atoms with Gasteiger partial charge in [-0.1, -0.05) is 0 Å². The minimum absolute atomic E-state index is 0.0264. The first-order valence-electron chi connectivity index (χ1n) is 7.40. The van der Waals surface area contributed by atoms with E-state index in [9.17, 15) is 18.0 Å². The Morgan fingerprint density at radius 1 is 1.43 bits per heavy atom. The summed E-state index contributed by atoms with van der Waals surface area (Å²) in [4.78, 5) is 23.6. The second-order valence-electron chi connectivity index (χ2n) is 5.43. The molecule has 1 aliphatic heterocycles. The molecule has 1 fully saturated rings. The summed E-state index contributed by atoms with van der Waals surface area (Å²) < 4.78 is 26.8. The topological polar surface area (TPSA) is 104 Å². The van der Waals surface area contributed by atoms with Gasteiger partial charge in [-0.2, -0.15) is 4.31 Å². The van der Waals surface area contributed by atoms with E-state index in [4.69, 9.17) is 5.11 Å². The lowest BCUT2D eigenvalue weighted by Gasteiger charge is -2.22. The van der Waals surface area contributed by atoms with Gasteiger partial charge in [0.1, 0.15) is 10.3 Å². The molecule has 2 rings (SSSR count). The second kappa shape index (κ2) is 7.41. The number of sulfonamides is 1. The fraction of sp³-hybridized carbons (Fsp3) is 0.571. The number of nitrogens with one attached hydrogen (secondary N) is 1. The second-order valence-corrected chi connectivity index (χ2v) is 8.83. The molecule has 0 saturated carbocycles. The van der Waals surface area contributed by atoms with Gasteiger partial charge in [-0.15, -0.1) is 11.3 Å². The van der Waals surface area contributed by atoms with Gasteiger partial charge in [0, 0.05) is 24.4 Å². The zero-order chi connectivity index (χ0) is 17.0. The molecule has 7 nitrogen and oxygen atoms in total. The Bertz CT molecular complexity index is 683. The fourth-order valence-electron chi connectivity index (χ4n) is 2.53. The zero-order valence-corrected chi connectivity index (χ0v) is 14.5. The highest BCUT2D eigenvalue weighted by atomic mass is 32.2. The molecule has 9 heteroatoms. The number of carboxylic acid groups (broad SMARTS) is 1. The molecule has 1 saturated heterocycles. The first kappa shape index (κ1) is 17.9. The molecule has 1 amide bonds. The standard InChI is InChI=1S/C14H20N2O5S2/c1-10-6-7-13(22-10)23(20,21)16-9-3-4-11(16)14(19)15-8-2-5-12(17)18/h6-7,11H,2-5,8-9H2,1H3,(H,15,19)(H,17,18).